The summed E-state index contributed by atoms with van der Waals surface area (Å²) in [7, 11) is 0. The van der Waals surface area contributed by atoms with E-state index in [0.717, 1.165) is 32.2 Å². The van der Waals surface area contributed by atoms with Gasteiger partial charge in [-0.15, -0.1) is 0 Å². The average Bonchev–Trinajstić information content (AvgIpc) is 2.82. The first kappa shape index (κ1) is 17.7. The predicted octanol–water partition coefficient (Wildman–Crippen LogP) is 2.55. The number of aliphatic hydroxyl groups excluding tert-OH is 1. The summed E-state index contributed by atoms with van der Waals surface area (Å²) >= 11 is 0. The molecule has 2 fully saturated rings. The molecule has 3 unspecified atom stereocenters. The van der Waals surface area contributed by atoms with Crippen LogP contribution in [0.1, 0.15) is 66.2 Å². The molecular weight excluding hydrogens is 276 g/mol. The Bertz CT molecular complexity index is 397. The van der Waals surface area contributed by atoms with Crippen molar-refractivity contribution in [1.29, 1.82) is 0 Å². The molecule has 0 bridgehead atoms. The van der Waals surface area contributed by atoms with Crippen LogP contribution in [-0.2, 0) is 4.79 Å². The highest BCUT2D eigenvalue weighted by Crippen LogP contribution is 2.43. The molecule has 2 N–H and O–H groups in total. The van der Waals surface area contributed by atoms with Crippen molar-refractivity contribution in [2.24, 2.45) is 11.3 Å². The molecule has 4 nitrogen and oxygen atoms in total. The van der Waals surface area contributed by atoms with Gasteiger partial charge in [0, 0.05) is 31.1 Å². The van der Waals surface area contributed by atoms with E-state index in [-0.39, 0.29) is 23.5 Å². The van der Waals surface area contributed by atoms with Crippen LogP contribution in [0.3, 0.4) is 0 Å². The first-order valence-corrected chi connectivity index (χ1v) is 8.92. The SMILES string of the molecule is CC1CC(C)(C)CC(CO)(NCCC(=O)N2CCCC2C)C1. The Kier molecular flexibility index (Phi) is 5.54. The molecular formula is C18H34N2O2. The second kappa shape index (κ2) is 6.88. The molecule has 1 aliphatic carbocycles. The summed E-state index contributed by atoms with van der Waals surface area (Å²) in [6.07, 6.45) is 6.00. The molecule has 128 valence electrons. The van der Waals surface area contributed by atoms with Gasteiger partial charge in [0.15, 0.2) is 0 Å². The van der Waals surface area contributed by atoms with Crippen LogP contribution in [-0.4, -0.2) is 47.2 Å². The van der Waals surface area contributed by atoms with Crippen molar-refractivity contribution in [3.05, 3.63) is 0 Å². The Morgan fingerprint density at radius 1 is 1.32 bits per heavy atom. The van der Waals surface area contributed by atoms with Gasteiger partial charge in [0.2, 0.25) is 5.91 Å². The van der Waals surface area contributed by atoms with Crippen molar-refractivity contribution in [3.63, 3.8) is 0 Å². The Morgan fingerprint density at radius 2 is 2.05 bits per heavy atom. The summed E-state index contributed by atoms with van der Waals surface area (Å²) in [5, 5.41) is 13.5. The zero-order valence-electron chi connectivity index (χ0n) is 14.8. The maximum absolute atomic E-state index is 12.3. The third kappa shape index (κ3) is 4.23. The third-order valence-corrected chi connectivity index (χ3v) is 5.47. The Morgan fingerprint density at radius 3 is 2.59 bits per heavy atom. The molecule has 2 rings (SSSR count). The molecule has 1 heterocycles. The van der Waals surface area contributed by atoms with Gasteiger partial charge in [-0.3, -0.25) is 4.79 Å². The van der Waals surface area contributed by atoms with E-state index in [1.165, 1.54) is 6.42 Å². The molecule has 2 aliphatic rings. The van der Waals surface area contributed by atoms with E-state index in [1.807, 2.05) is 4.90 Å². The molecule has 4 heteroatoms. The lowest BCUT2D eigenvalue weighted by Crippen LogP contribution is -2.55. The van der Waals surface area contributed by atoms with Crippen LogP contribution >= 0.6 is 0 Å². The fourth-order valence-corrected chi connectivity index (χ4v) is 4.94. The zero-order valence-corrected chi connectivity index (χ0v) is 14.8. The van der Waals surface area contributed by atoms with Crippen LogP contribution in [0.25, 0.3) is 0 Å². The highest BCUT2D eigenvalue weighted by Gasteiger charge is 2.42. The van der Waals surface area contributed by atoms with Gasteiger partial charge in [0.1, 0.15) is 0 Å². The number of aliphatic hydroxyl groups is 1. The molecule has 22 heavy (non-hydrogen) atoms. The Hall–Kier alpha value is -0.610. The lowest BCUT2D eigenvalue weighted by Gasteiger charge is -2.47. The van der Waals surface area contributed by atoms with Gasteiger partial charge in [-0.25, -0.2) is 0 Å². The minimum atomic E-state index is -0.210. The van der Waals surface area contributed by atoms with E-state index in [2.05, 4.69) is 33.0 Å². The first-order chi connectivity index (χ1) is 10.3. The highest BCUT2D eigenvalue weighted by atomic mass is 16.3. The van der Waals surface area contributed by atoms with Gasteiger partial charge in [-0.2, -0.15) is 0 Å². The molecule has 1 saturated carbocycles. The normalized spacial score (nSPS) is 34.9. The summed E-state index contributed by atoms with van der Waals surface area (Å²) in [6.45, 7) is 10.7. The minimum absolute atomic E-state index is 0.162. The molecule has 0 aromatic rings. The molecule has 1 saturated heterocycles. The number of carbonyl (C=O) groups excluding carboxylic acids is 1. The lowest BCUT2D eigenvalue weighted by atomic mass is 9.64. The number of nitrogens with zero attached hydrogens (tertiary/aromatic N) is 1. The smallest absolute Gasteiger partial charge is 0.224 e. The maximum Gasteiger partial charge on any atom is 0.224 e. The fourth-order valence-electron chi connectivity index (χ4n) is 4.94. The molecule has 1 amide bonds. The zero-order chi connectivity index (χ0) is 16.4. The van der Waals surface area contributed by atoms with E-state index in [0.29, 0.717) is 24.9 Å². The third-order valence-electron chi connectivity index (χ3n) is 5.47. The number of rotatable bonds is 5. The van der Waals surface area contributed by atoms with Crippen LogP contribution in [0, 0.1) is 11.3 Å². The highest BCUT2D eigenvalue weighted by molar-refractivity contribution is 5.77. The quantitative estimate of drug-likeness (QED) is 0.820. The summed E-state index contributed by atoms with van der Waals surface area (Å²) in [4.78, 5) is 14.3. The predicted molar refractivity (Wildman–Crippen MR) is 89.6 cm³/mol. The van der Waals surface area contributed by atoms with Crippen LogP contribution < -0.4 is 5.32 Å². The monoisotopic (exact) mass is 310 g/mol. The molecule has 0 aromatic heterocycles. The number of carbonyl (C=O) groups is 1. The number of likely N-dealkylation sites (tertiary alicyclic amines) is 1. The van der Waals surface area contributed by atoms with Crippen molar-refractivity contribution in [3.8, 4) is 0 Å². The van der Waals surface area contributed by atoms with Gasteiger partial charge in [0.05, 0.1) is 6.61 Å². The number of amides is 1. The van der Waals surface area contributed by atoms with Gasteiger partial charge < -0.3 is 15.3 Å². The van der Waals surface area contributed by atoms with Crippen molar-refractivity contribution >= 4 is 5.91 Å². The molecule has 0 spiro atoms. The van der Waals surface area contributed by atoms with Crippen molar-refractivity contribution < 1.29 is 9.90 Å². The van der Waals surface area contributed by atoms with Gasteiger partial charge in [-0.1, -0.05) is 20.8 Å². The molecule has 3 atom stereocenters. The van der Waals surface area contributed by atoms with E-state index in [1.54, 1.807) is 0 Å². The summed E-state index contributed by atoms with van der Waals surface area (Å²) in [6, 6.07) is 0.396. The summed E-state index contributed by atoms with van der Waals surface area (Å²) in [5.41, 5.74) is 0.0406. The lowest BCUT2D eigenvalue weighted by molar-refractivity contribution is -0.131. The molecule has 0 radical (unpaired) electrons. The number of hydrogen-bond acceptors (Lipinski definition) is 3. The summed E-state index contributed by atoms with van der Waals surface area (Å²) < 4.78 is 0. The Balaban J connectivity index is 1.87. The number of nitrogens with one attached hydrogen (secondary N) is 1. The van der Waals surface area contributed by atoms with E-state index in [9.17, 15) is 9.90 Å². The Labute approximate surface area is 135 Å². The van der Waals surface area contributed by atoms with Crippen LogP contribution in [0.5, 0.6) is 0 Å². The largest absolute Gasteiger partial charge is 0.394 e. The summed E-state index contributed by atoms with van der Waals surface area (Å²) in [5.74, 6) is 0.867. The standard InChI is InChI=1S/C18H34N2O2/c1-14-10-17(3,4)12-18(11-14,13-21)19-8-7-16(22)20-9-5-6-15(20)2/h14-15,19,21H,5-13H2,1-4H3. The van der Waals surface area contributed by atoms with Crippen molar-refractivity contribution in [1.82, 2.24) is 10.2 Å². The van der Waals surface area contributed by atoms with Crippen molar-refractivity contribution in [2.45, 2.75) is 77.8 Å². The van der Waals surface area contributed by atoms with E-state index < -0.39 is 0 Å². The minimum Gasteiger partial charge on any atom is -0.394 e. The van der Waals surface area contributed by atoms with Gasteiger partial charge in [-0.05, 0) is 50.4 Å². The number of hydrogen-bond donors (Lipinski definition) is 2. The van der Waals surface area contributed by atoms with Crippen LogP contribution in [0.15, 0.2) is 0 Å². The maximum atomic E-state index is 12.3. The van der Waals surface area contributed by atoms with Gasteiger partial charge >= 0.3 is 0 Å². The second-order valence-corrected chi connectivity index (χ2v) is 8.55. The van der Waals surface area contributed by atoms with E-state index >= 15 is 0 Å². The average molecular weight is 310 g/mol. The second-order valence-electron chi connectivity index (χ2n) is 8.55. The van der Waals surface area contributed by atoms with Crippen LogP contribution in [0.2, 0.25) is 0 Å². The van der Waals surface area contributed by atoms with Crippen molar-refractivity contribution in [2.75, 3.05) is 19.7 Å². The first-order valence-electron chi connectivity index (χ1n) is 8.92. The molecule has 1 aliphatic heterocycles. The van der Waals surface area contributed by atoms with Gasteiger partial charge in [0.25, 0.3) is 0 Å². The topological polar surface area (TPSA) is 52.6 Å². The fraction of sp³-hybridized carbons (Fsp3) is 0.944. The van der Waals surface area contributed by atoms with Crippen LogP contribution in [0.4, 0.5) is 0 Å². The van der Waals surface area contributed by atoms with E-state index in [4.69, 9.17) is 0 Å². The molecule has 0 aromatic carbocycles.